The van der Waals surface area contributed by atoms with Gasteiger partial charge in [-0.15, -0.1) is 0 Å². The van der Waals surface area contributed by atoms with Gasteiger partial charge in [0.15, 0.2) is 16.1 Å². The second-order valence-electron chi connectivity index (χ2n) is 6.70. The zero-order valence-electron chi connectivity index (χ0n) is 16.8. The largest absolute Gasteiger partial charge is 0.497 e. The molecule has 4 aromatic rings. The number of anilines is 3. The van der Waals surface area contributed by atoms with Crippen molar-refractivity contribution in [2.45, 2.75) is 4.90 Å². The Labute approximate surface area is 189 Å². The lowest BCUT2D eigenvalue weighted by Gasteiger charge is -2.15. The van der Waals surface area contributed by atoms with Gasteiger partial charge >= 0.3 is 0 Å². The van der Waals surface area contributed by atoms with Gasteiger partial charge in [-0.05, 0) is 60.7 Å². The van der Waals surface area contributed by atoms with Crippen molar-refractivity contribution in [2.24, 2.45) is 0 Å². The van der Waals surface area contributed by atoms with Crippen molar-refractivity contribution in [3.05, 3.63) is 91.0 Å². The SMILES string of the molecule is COc1ccc(NS(=O)c2ccc(NC(=S)Nc3ccccc3)c3ccccc23)cc1. The quantitative estimate of drug-likeness (QED) is 0.327. The van der Waals surface area contributed by atoms with E-state index in [0.29, 0.717) is 10.0 Å². The average molecular weight is 448 g/mol. The van der Waals surface area contributed by atoms with Gasteiger partial charge in [0.25, 0.3) is 0 Å². The van der Waals surface area contributed by atoms with E-state index in [1.165, 1.54) is 0 Å². The van der Waals surface area contributed by atoms with Gasteiger partial charge in [-0.1, -0.05) is 42.5 Å². The van der Waals surface area contributed by atoms with Gasteiger partial charge in [-0.3, -0.25) is 0 Å². The Morgan fingerprint density at radius 2 is 1.45 bits per heavy atom. The third kappa shape index (κ3) is 5.02. The number of methoxy groups -OCH3 is 1. The molecule has 0 bridgehead atoms. The summed E-state index contributed by atoms with van der Waals surface area (Å²) in [6.45, 7) is 0. The zero-order chi connectivity index (χ0) is 21.6. The van der Waals surface area contributed by atoms with Gasteiger partial charge in [0.2, 0.25) is 0 Å². The van der Waals surface area contributed by atoms with Crippen LogP contribution in [0.25, 0.3) is 10.8 Å². The first-order valence-electron chi connectivity index (χ1n) is 9.61. The van der Waals surface area contributed by atoms with Gasteiger partial charge in [0.1, 0.15) is 5.75 Å². The molecule has 0 amide bonds. The molecule has 4 rings (SSSR count). The van der Waals surface area contributed by atoms with Gasteiger partial charge in [-0.25, -0.2) is 4.21 Å². The monoisotopic (exact) mass is 447 g/mol. The summed E-state index contributed by atoms with van der Waals surface area (Å²) in [5.41, 5.74) is 2.50. The first-order valence-corrected chi connectivity index (χ1v) is 11.2. The molecule has 7 heteroatoms. The van der Waals surface area contributed by atoms with Gasteiger partial charge in [-0.2, -0.15) is 0 Å². The average Bonchev–Trinajstić information content (AvgIpc) is 2.80. The summed E-state index contributed by atoms with van der Waals surface area (Å²) in [4.78, 5) is 0.693. The van der Waals surface area contributed by atoms with Crippen molar-refractivity contribution in [2.75, 3.05) is 22.5 Å². The van der Waals surface area contributed by atoms with Crippen LogP contribution >= 0.6 is 12.2 Å². The zero-order valence-corrected chi connectivity index (χ0v) is 18.4. The molecule has 31 heavy (non-hydrogen) atoms. The molecule has 0 heterocycles. The fourth-order valence-electron chi connectivity index (χ4n) is 3.17. The number of ether oxygens (including phenoxy) is 1. The Balaban J connectivity index is 1.57. The molecule has 5 nitrogen and oxygen atoms in total. The molecular weight excluding hydrogens is 426 g/mol. The normalized spacial score (nSPS) is 11.5. The number of para-hydroxylation sites is 1. The van der Waals surface area contributed by atoms with Crippen molar-refractivity contribution < 1.29 is 8.95 Å². The summed E-state index contributed by atoms with van der Waals surface area (Å²) in [6.07, 6.45) is 0. The van der Waals surface area contributed by atoms with Gasteiger partial charge in [0, 0.05) is 27.8 Å². The Hall–Kier alpha value is -3.42. The van der Waals surface area contributed by atoms with E-state index in [-0.39, 0.29) is 0 Å². The van der Waals surface area contributed by atoms with Crippen molar-refractivity contribution in [1.29, 1.82) is 0 Å². The lowest BCUT2D eigenvalue weighted by molar-refractivity contribution is 0.415. The number of benzene rings is 4. The van der Waals surface area contributed by atoms with E-state index in [2.05, 4.69) is 15.4 Å². The highest BCUT2D eigenvalue weighted by atomic mass is 32.2. The van der Waals surface area contributed by atoms with Crippen molar-refractivity contribution in [3.8, 4) is 5.75 Å². The predicted octanol–water partition coefficient (Wildman–Crippen LogP) is 5.79. The molecule has 0 aromatic heterocycles. The molecule has 3 N–H and O–H groups in total. The van der Waals surface area contributed by atoms with Crippen LogP contribution in [0.1, 0.15) is 0 Å². The highest BCUT2D eigenvalue weighted by molar-refractivity contribution is 7.86. The maximum Gasteiger partial charge on any atom is 0.175 e. The lowest BCUT2D eigenvalue weighted by atomic mass is 10.1. The molecule has 0 aliphatic carbocycles. The minimum Gasteiger partial charge on any atom is -0.497 e. The molecule has 4 aromatic carbocycles. The lowest BCUT2D eigenvalue weighted by Crippen LogP contribution is -2.19. The first kappa shape index (κ1) is 20.8. The summed E-state index contributed by atoms with van der Waals surface area (Å²) in [7, 11) is 0.177. The molecular formula is C24H21N3O2S2. The van der Waals surface area contributed by atoms with E-state index in [9.17, 15) is 4.21 Å². The first-order chi connectivity index (χ1) is 15.1. The molecule has 1 unspecified atom stereocenters. The highest BCUT2D eigenvalue weighted by Crippen LogP contribution is 2.29. The Morgan fingerprint density at radius 1 is 0.774 bits per heavy atom. The Bertz CT molecular complexity index is 1230. The fraction of sp³-hybridized carbons (Fsp3) is 0.0417. The summed E-state index contributed by atoms with van der Waals surface area (Å²) >= 11 is 5.47. The molecule has 156 valence electrons. The van der Waals surface area contributed by atoms with Crippen molar-refractivity contribution in [1.82, 2.24) is 0 Å². The second kappa shape index (κ2) is 9.59. The van der Waals surface area contributed by atoms with E-state index in [1.54, 1.807) is 7.11 Å². The van der Waals surface area contributed by atoms with Crippen LogP contribution in [0.15, 0.2) is 95.9 Å². The summed E-state index contributed by atoms with van der Waals surface area (Å²) < 4.78 is 21.3. The summed E-state index contributed by atoms with van der Waals surface area (Å²) in [6, 6.07) is 28.6. The van der Waals surface area contributed by atoms with Crippen molar-refractivity contribution in [3.63, 3.8) is 0 Å². The molecule has 0 spiro atoms. The molecule has 0 aliphatic heterocycles. The minimum atomic E-state index is -1.44. The summed E-state index contributed by atoms with van der Waals surface area (Å²) in [5.74, 6) is 0.747. The predicted molar refractivity (Wildman–Crippen MR) is 133 cm³/mol. The van der Waals surface area contributed by atoms with Crippen LogP contribution in [0.2, 0.25) is 0 Å². The number of hydrogen-bond acceptors (Lipinski definition) is 3. The number of hydrogen-bond donors (Lipinski definition) is 3. The third-order valence-electron chi connectivity index (χ3n) is 4.66. The standard InChI is InChI=1S/C24H21N3O2S2/c1-29-19-13-11-18(12-14-19)27-31(28)23-16-15-22(20-9-5-6-10-21(20)23)26-24(30)25-17-7-3-2-4-8-17/h2-16,27H,1H3,(H2,25,26,30). The molecule has 0 radical (unpaired) electrons. The van der Waals surface area contributed by atoms with Crippen LogP contribution in [-0.2, 0) is 11.0 Å². The molecule has 1 atom stereocenters. The van der Waals surface area contributed by atoms with Crippen LogP contribution < -0.4 is 20.1 Å². The molecule has 0 fully saturated rings. The highest BCUT2D eigenvalue weighted by Gasteiger charge is 2.12. The molecule has 0 aliphatic rings. The number of rotatable bonds is 6. The second-order valence-corrected chi connectivity index (χ2v) is 8.29. The van der Waals surface area contributed by atoms with Gasteiger partial charge in [0.05, 0.1) is 12.0 Å². The fourth-order valence-corrected chi connectivity index (χ4v) is 4.43. The van der Waals surface area contributed by atoms with Crippen LogP contribution in [0.4, 0.5) is 17.1 Å². The van der Waals surface area contributed by atoms with Crippen LogP contribution in [-0.4, -0.2) is 16.4 Å². The number of thiocarbonyl (C=S) groups is 1. The van der Waals surface area contributed by atoms with Crippen LogP contribution in [0.5, 0.6) is 5.75 Å². The molecule has 0 saturated heterocycles. The van der Waals surface area contributed by atoms with E-state index in [4.69, 9.17) is 17.0 Å². The maximum absolute atomic E-state index is 13.1. The van der Waals surface area contributed by atoms with Gasteiger partial charge < -0.3 is 20.1 Å². The smallest absolute Gasteiger partial charge is 0.175 e. The molecule has 0 saturated carbocycles. The van der Waals surface area contributed by atoms with E-state index >= 15 is 0 Å². The van der Waals surface area contributed by atoms with Crippen LogP contribution in [0.3, 0.4) is 0 Å². The summed E-state index contributed by atoms with van der Waals surface area (Å²) in [5, 5.41) is 8.72. The topological polar surface area (TPSA) is 62.4 Å². The number of fused-ring (bicyclic) bond motifs is 1. The third-order valence-corrected chi connectivity index (χ3v) is 6.04. The minimum absolute atomic E-state index is 0.488. The van der Waals surface area contributed by atoms with E-state index in [0.717, 1.165) is 33.6 Å². The Kier molecular flexibility index (Phi) is 6.45. The van der Waals surface area contributed by atoms with E-state index in [1.807, 2.05) is 91.0 Å². The van der Waals surface area contributed by atoms with Crippen molar-refractivity contribution >= 4 is 56.2 Å². The van der Waals surface area contributed by atoms with Crippen LogP contribution in [0, 0.1) is 0 Å². The number of nitrogens with one attached hydrogen (secondary N) is 3. The maximum atomic E-state index is 13.1. The van der Waals surface area contributed by atoms with E-state index < -0.39 is 11.0 Å². The Morgan fingerprint density at radius 3 is 2.16 bits per heavy atom.